The maximum Gasteiger partial charge on any atom is 0.307 e. The minimum Gasteiger partial charge on any atom is -0.508 e. The third-order valence-corrected chi connectivity index (χ3v) is 3.94. The third-order valence-electron chi connectivity index (χ3n) is 3.94. The lowest BCUT2D eigenvalue weighted by atomic mass is 10.0. The van der Waals surface area contributed by atoms with Gasteiger partial charge in [-0.15, -0.1) is 0 Å². The molecule has 2 N–H and O–H groups in total. The number of para-hydroxylation sites is 1. The van der Waals surface area contributed by atoms with Crippen LogP contribution in [0.4, 0.5) is 0 Å². The van der Waals surface area contributed by atoms with Crippen molar-refractivity contribution in [1.29, 1.82) is 0 Å². The lowest BCUT2D eigenvalue weighted by Crippen LogP contribution is -2.07. The summed E-state index contributed by atoms with van der Waals surface area (Å²) in [7, 11) is 0. The molecule has 0 fully saturated rings. The Morgan fingerprint density at radius 2 is 1.86 bits per heavy atom. The Morgan fingerprint density at radius 3 is 2.55 bits per heavy atom. The Morgan fingerprint density at radius 1 is 1.14 bits per heavy atom. The summed E-state index contributed by atoms with van der Waals surface area (Å²) in [5, 5.41) is 19.5. The topological polar surface area (TPSA) is 87.7 Å². The van der Waals surface area contributed by atoms with Crippen molar-refractivity contribution in [1.82, 2.24) is 0 Å². The van der Waals surface area contributed by atoms with Crippen molar-refractivity contribution in [3.05, 3.63) is 51.2 Å². The molecule has 0 bridgehead atoms. The fourth-order valence-electron chi connectivity index (χ4n) is 2.61. The fraction of sp³-hybridized carbons (Fsp3) is 0.176. The molecule has 0 aliphatic heterocycles. The minimum atomic E-state index is -0.992. The second kappa shape index (κ2) is 4.87. The molecule has 22 heavy (non-hydrogen) atoms. The number of benzene rings is 2. The smallest absolute Gasteiger partial charge is 0.307 e. The van der Waals surface area contributed by atoms with Gasteiger partial charge in [-0.2, -0.15) is 0 Å². The maximum atomic E-state index is 12.6. The number of carboxylic acids is 1. The maximum absolute atomic E-state index is 12.6. The molecule has 0 spiro atoms. The fourth-order valence-corrected chi connectivity index (χ4v) is 2.61. The molecule has 3 rings (SSSR count). The van der Waals surface area contributed by atoms with E-state index in [1.165, 1.54) is 6.07 Å². The van der Waals surface area contributed by atoms with E-state index in [1.54, 1.807) is 32.0 Å². The second-order valence-corrected chi connectivity index (χ2v) is 5.32. The highest BCUT2D eigenvalue weighted by atomic mass is 16.4. The monoisotopic (exact) mass is 298 g/mol. The summed E-state index contributed by atoms with van der Waals surface area (Å²) in [5.41, 5.74) is 2.14. The van der Waals surface area contributed by atoms with Gasteiger partial charge in [0.15, 0.2) is 0 Å². The first-order valence-corrected chi connectivity index (χ1v) is 6.79. The van der Waals surface area contributed by atoms with Crippen molar-refractivity contribution < 1.29 is 19.4 Å². The van der Waals surface area contributed by atoms with Gasteiger partial charge in [-0.3, -0.25) is 9.59 Å². The van der Waals surface area contributed by atoms with Gasteiger partial charge < -0.3 is 14.6 Å². The molecule has 0 radical (unpaired) electrons. The zero-order valence-corrected chi connectivity index (χ0v) is 12.1. The molecule has 5 nitrogen and oxygen atoms in total. The molecule has 0 unspecified atom stereocenters. The SMILES string of the molecule is Cc1c(O)cc2c(=O)c3cccc(CC(=O)O)c3oc2c1C. The predicted octanol–water partition coefficient (Wildman–Crippen LogP) is 2.90. The number of carbonyl (C=O) groups is 1. The standard InChI is InChI=1S/C17H14O5/c1-8-9(2)16-12(7-13(8)18)15(21)11-5-3-4-10(6-14(19)20)17(11)22-16/h3-5,7,18H,6H2,1-2H3,(H,19,20). The molecule has 0 aliphatic rings. The average Bonchev–Trinajstić information content (AvgIpc) is 2.47. The molecule has 0 saturated carbocycles. The Hall–Kier alpha value is -2.82. The summed E-state index contributed by atoms with van der Waals surface area (Å²) >= 11 is 0. The van der Waals surface area contributed by atoms with Crippen LogP contribution in [0.1, 0.15) is 16.7 Å². The summed E-state index contributed by atoms with van der Waals surface area (Å²) in [6.07, 6.45) is -0.220. The quantitative estimate of drug-likeness (QED) is 0.710. The summed E-state index contributed by atoms with van der Waals surface area (Å²) < 4.78 is 5.85. The van der Waals surface area contributed by atoms with E-state index in [0.717, 1.165) is 0 Å². The number of rotatable bonds is 2. The molecule has 2 aromatic carbocycles. The molecule has 0 saturated heterocycles. The van der Waals surface area contributed by atoms with E-state index < -0.39 is 5.97 Å². The van der Waals surface area contributed by atoms with Gasteiger partial charge in [0.25, 0.3) is 0 Å². The van der Waals surface area contributed by atoms with E-state index in [1.807, 2.05) is 0 Å². The zero-order valence-electron chi connectivity index (χ0n) is 12.1. The van der Waals surface area contributed by atoms with Gasteiger partial charge in [0.05, 0.1) is 17.2 Å². The van der Waals surface area contributed by atoms with Crippen molar-refractivity contribution in [2.24, 2.45) is 0 Å². The van der Waals surface area contributed by atoms with Gasteiger partial charge in [0.1, 0.15) is 16.9 Å². The lowest BCUT2D eigenvalue weighted by molar-refractivity contribution is -0.136. The molecule has 0 aliphatic carbocycles. The van der Waals surface area contributed by atoms with Crippen molar-refractivity contribution in [3.8, 4) is 5.75 Å². The number of fused-ring (bicyclic) bond motifs is 2. The van der Waals surface area contributed by atoms with Gasteiger partial charge >= 0.3 is 5.97 Å². The van der Waals surface area contributed by atoms with Crippen LogP contribution in [0.2, 0.25) is 0 Å². The highest BCUT2D eigenvalue weighted by Crippen LogP contribution is 2.30. The van der Waals surface area contributed by atoms with E-state index in [-0.39, 0.29) is 23.2 Å². The number of phenolic OH excluding ortho intramolecular Hbond substituents is 1. The lowest BCUT2D eigenvalue weighted by Gasteiger charge is -2.10. The highest BCUT2D eigenvalue weighted by molar-refractivity contribution is 5.94. The van der Waals surface area contributed by atoms with Crippen LogP contribution in [-0.4, -0.2) is 16.2 Å². The molecule has 1 heterocycles. The van der Waals surface area contributed by atoms with Crippen molar-refractivity contribution in [2.45, 2.75) is 20.3 Å². The summed E-state index contributed by atoms with van der Waals surface area (Å²) in [6.45, 7) is 3.49. The van der Waals surface area contributed by atoms with Crippen molar-refractivity contribution in [2.75, 3.05) is 0 Å². The molecule has 3 aromatic rings. The first-order chi connectivity index (χ1) is 10.4. The number of hydrogen-bond acceptors (Lipinski definition) is 4. The third kappa shape index (κ3) is 2.02. The van der Waals surface area contributed by atoms with Crippen LogP contribution < -0.4 is 5.43 Å². The predicted molar refractivity (Wildman–Crippen MR) is 82.5 cm³/mol. The Bertz CT molecular complexity index is 982. The summed E-state index contributed by atoms with van der Waals surface area (Å²) in [4.78, 5) is 23.6. The number of aliphatic carboxylic acids is 1. The summed E-state index contributed by atoms with van der Waals surface area (Å²) in [6, 6.07) is 6.25. The second-order valence-electron chi connectivity index (χ2n) is 5.32. The van der Waals surface area contributed by atoms with Crippen LogP contribution in [0.15, 0.2) is 33.5 Å². The molecule has 0 amide bonds. The molecule has 0 atom stereocenters. The van der Waals surface area contributed by atoms with E-state index in [9.17, 15) is 14.7 Å². The van der Waals surface area contributed by atoms with E-state index in [2.05, 4.69) is 0 Å². The average molecular weight is 298 g/mol. The Balaban J connectivity index is 2.50. The number of aryl methyl sites for hydroxylation is 1. The molecule has 1 aromatic heterocycles. The normalized spacial score (nSPS) is 11.2. The van der Waals surface area contributed by atoms with Crippen LogP contribution >= 0.6 is 0 Å². The number of phenols is 1. The van der Waals surface area contributed by atoms with E-state index in [0.29, 0.717) is 33.0 Å². The van der Waals surface area contributed by atoms with Crippen LogP contribution in [0.25, 0.3) is 21.9 Å². The highest BCUT2D eigenvalue weighted by Gasteiger charge is 2.16. The largest absolute Gasteiger partial charge is 0.508 e. The first kappa shape index (κ1) is 14.1. The van der Waals surface area contributed by atoms with Gasteiger partial charge in [-0.25, -0.2) is 0 Å². The van der Waals surface area contributed by atoms with E-state index in [4.69, 9.17) is 9.52 Å². The first-order valence-electron chi connectivity index (χ1n) is 6.79. The number of carboxylic acid groups (broad SMARTS) is 1. The summed E-state index contributed by atoms with van der Waals surface area (Å²) in [5.74, 6) is -0.952. The Kier molecular flexibility index (Phi) is 3.13. The van der Waals surface area contributed by atoms with Gasteiger partial charge in [0.2, 0.25) is 5.43 Å². The molecule has 112 valence electrons. The van der Waals surface area contributed by atoms with Gasteiger partial charge in [-0.05, 0) is 37.1 Å². The van der Waals surface area contributed by atoms with Gasteiger partial charge in [-0.1, -0.05) is 12.1 Å². The van der Waals surface area contributed by atoms with Crippen molar-refractivity contribution in [3.63, 3.8) is 0 Å². The van der Waals surface area contributed by atoms with Crippen LogP contribution in [0.3, 0.4) is 0 Å². The number of aromatic hydroxyl groups is 1. The van der Waals surface area contributed by atoms with Crippen LogP contribution in [-0.2, 0) is 11.2 Å². The van der Waals surface area contributed by atoms with Crippen LogP contribution in [0, 0.1) is 13.8 Å². The molecular weight excluding hydrogens is 284 g/mol. The molecule has 5 heteroatoms. The van der Waals surface area contributed by atoms with Crippen LogP contribution in [0.5, 0.6) is 5.75 Å². The zero-order chi connectivity index (χ0) is 16.0. The number of hydrogen-bond donors (Lipinski definition) is 2. The van der Waals surface area contributed by atoms with E-state index >= 15 is 0 Å². The molecular formula is C17H14O5. The minimum absolute atomic E-state index is 0.0401. The Labute approximate surface area is 125 Å². The van der Waals surface area contributed by atoms with Gasteiger partial charge in [0, 0.05) is 5.56 Å². The van der Waals surface area contributed by atoms with Crippen molar-refractivity contribution >= 4 is 27.9 Å².